The van der Waals surface area contributed by atoms with Crippen molar-refractivity contribution in [3.8, 4) is 22.7 Å². The number of rotatable bonds is 7. The molecule has 4 aromatic rings. The van der Waals surface area contributed by atoms with Crippen LogP contribution >= 0.6 is 11.8 Å². The molecule has 7 heteroatoms. The highest BCUT2D eigenvalue weighted by Gasteiger charge is 2.22. The number of hydrogen-bond donors (Lipinski definition) is 1. The summed E-state index contributed by atoms with van der Waals surface area (Å²) in [7, 11) is 0. The Kier molecular flexibility index (Phi) is 5.99. The van der Waals surface area contributed by atoms with Gasteiger partial charge < -0.3 is 9.73 Å². The molecule has 0 spiro atoms. The summed E-state index contributed by atoms with van der Waals surface area (Å²) in [6.07, 6.45) is 1.61. The van der Waals surface area contributed by atoms with Gasteiger partial charge in [0.1, 0.15) is 0 Å². The van der Waals surface area contributed by atoms with Gasteiger partial charge in [0.15, 0.2) is 16.7 Å². The lowest BCUT2D eigenvalue weighted by atomic mass is 10.0. The minimum absolute atomic E-state index is 0.0893. The number of benzene rings is 2. The number of para-hydroxylation sites is 1. The standard InChI is InChI=1S/C23H22N4O2S/c1-3-27-21(20-14-9-15-29-20)25-26-23(27)30-16(2)22(28)24-19-13-8-7-12-18(19)17-10-5-4-6-11-17/h4-16H,3H2,1-2H3,(H,24,28)/t16-/m0/s1. The molecule has 0 aliphatic rings. The maximum absolute atomic E-state index is 12.9. The molecule has 1 amide bonds. The van der Waals surface area contributed by atoms with Crippen molar-refractivity contribution >= 4 is 23.4 Å². The summed E-state index contributed by atoms with van der Waals surface area (Å²) in [5.74, 6) is 1.23. The van der Waals surface area contributed by atoms with E-state index in [4.69, 9.17) is 4.42 Å². The van der Waals surface area contributed by atoms with E-state index in [2.05, 4.69) is 15.5 Å². The zero-order valence-electron chi connectivity index (χ0n) is 16.8. The van der Waals surface area contributed by atoms with E-state index in [1.807, 2.05) is 85.1 Å². The third kappa shape index (κ3) is 4.16. The van der Waals surface area contributed by atoms with Crippen molar-refractivity contribution in [3.05, 3.63) is 73.0 Å². The van der Waals surface area contributed by atoms with Crippen LogP contribution in [0.15, 0.2) is 82.6 Å². The second-order valence-corrected chi connectivity index (χ2v) is 8.00. The summed E-state index contributed by atoms with van der Waals surface area (Å²) in [6, 6.07) is 21.5. The normalized spacial score (nSPS) is 11.9. The summed E-state index contributed by atoms with van der Waals surface area (Å²) in [6.45, 7) is 4.56. The van der Waals surface area contributed by atoms with E-state index in [0.29, 0.717) is 23.3 Å². The molecule has 0 aliphatic carbocycles. The van der Waals surface area contributed by atoms with Crippen LogP contribution in [0.3, 0.4) is 0 Å². The molecule has 1 atom stereocenters. The number of amides is 1. The fourth-order valence-electron chi connectivity index (χ4n) is 3.16. The van der Waals surface area contributed by atoms with Crippen LogP contribution in [0, 0.1) is 0 Å². The second-order valence-electron chi connectivity index (χ2n) is 6.69. The maximum Gasteiger partial charge on any atom is 0.237 e. The lowest BCUT2D eigenvalue weighted by Gasteiger charge is -2.15. The minimum atomic E-state index is -0.354. The molecule has 0 saturated heterocycles. The fraction of sp³-hybridized carbons (Fsp3) is 0.174. The molecule has 0 bridgehead atoms. The van der Waals surface area contributed by atoms with Gasteiger partial charge >= 0.3 is 0 Å². The van der Waals surface area contributed by atoms with Crippen LogP contribution in [0.2, 0.25) is 0 Å². The number of hydrogen-bond acceptors (Lipinski definition) is 5. The molecule has 1 N–H and O–H groups in total. The molecule has 2 aromatic carbocycles. The highest BCUT2D eigenvalue weighted by Crippen LogP contribution is 2.30. The predicted molar refractivity (Wildman–Crippen MR) is 119 cm³/mol. The number of carbonyl (C=O) groups excluding carboxylic acids is 1. The zero-order chi connectivity index (χ0) is 20.9. The van der Waals surface area contributed by atoms with Gasteiger partial charge in [-0.05, 0) is 37.6 Å². The Balaban J connectivity index is 1.51. The highest BCUT2D eigenvalue weighted by atomic mass is 32.2. The Labute approximate surface area is 179 Å². The van der Waals surface area contributed by atoms with Crippen LogP contribution in [-0.2, 0) is 11.3 Å². The van der Waals surface area contributed by atoms with Crippen molar-refractivity contribution in [1.29, 1.82) is 0 Å². The monoisotopic (exact) mass is 418 g/mol. The van der Waals surface area contributed by atoms with Crippen molar-refractivity contribution < 1.29 is 9.21 Å². The maximum atomic E-state index is 12.9. The molecule has 4 rings (SSSR count). The van der Waals surface area contributed by atoms with Crippen molar-refractivity contribution in [2.24, 2.45) is 0 Å². The van der Waals surface area contributed by atoms with Crippen LogP contribution in [-0.4, -0.2) is 25.9 Å². The van der Waals surface area contributed by atoms with Crippen LogP contribution in [0.1, 0.15) is 13.8 Å². The summed E-state index contributed by atoms with van der Waals surface area (Å²) in [5.41, 5.74) is 2.83. The SMILES string of the molecule is CCn1c(S[C@@H](C)C(=O)Nc2ccccc2-c2ccccc2)nnc1-c1ccco1. The van der Waals surface area contributed by atoms with E-state index in [-0.39, 0.29) is 11.2 Å². The van der Waals surface area contributed by atoms with E-state index in [1.165, 1.54) is 11.8 Å². The Morgan fingerprint density at radius 1 is 1.07 bits per heavy atom. The van der Waals surface area contributed by atoms with E-state index < -0.39 is 0 Å². The summed E-state index contributed by atoms with van der Waals surface area (Å²) < 4.78 is 7.40. The summed E-state index contributed by atoms with van der Waals surface area (Å²) in [5, 5.41) is 11.9. The topological polar surface area (TPSA) is 73.0 Å². The Bertz CT molecular complexity index is 1120. The Morgan fingerprint density at radius 3 is 2.57 bits per heavy atom. The first kappa shape index (κ1) is 20.0. The summed E-state index contributed by atoms with van der Waals surface area (Å²) in [4.78, 5) is 12.9. The smallest absolute Gasteiger partial charge is 0.237 e. The number of nitrogens with zero attached hydrogens (tertiary/aromatic N) is 3. The molecule has 0 saturated carbocycles. The molecule has 0 fully saturated rings. The molecule has 2 aromatic heterocycles. The minimum Gasteiger partial charge on any atom is -0.461 e. The number of carbonyl (C=O) groups is 1. The van der Waals surface area contributed by atoms with Gasteiger partial charge in [-0.1, -0.05) is 60.3 Å². The van der Waals surface area contributed by atoms with Gasteiger partial charge in [-0.2, -0.15) is 0 Å². The quantitative estimate of drug-likeness (QED) is 0.410. The van der Waals surface area contributed by atoms with Crippen LogP contribution in [0.25, 0.3) is 22.7 Å². The number of nitrogens with one attached hydrogen (secondary N) is 1. The van der Waals surface area contributed by atoms with Crippen molar-refractivity contribution in [2.75, 3.05) is 5.32 Å². The van der Waals surface area contributed by atoms with E-state index in [0.717, 1.165) is 16.8 Å². The van der Waals surface area contributed by atoms with Gasteiger partial charge in [0.05, 0.1) is 11.5 Å². The van der Waals surface area contributed by atoms with Crippen molar-refractivity contribution in [2.45, 2.75) is 30.8 Å². The first-order valence-corrected chi connectivity index (χ1v) is 10.6. The molecule has 0 aliphatic heterocycles. The average Bonchev–Trinajstić information content (AvgIpc) is 3.44. The molecular weight excluding hydrogens is 396 g/mol. The number of aromatic nitrogens is 3. The lowest BCUT2D eigenvalue weighted by molar-refractivity contribution is -0.115. The molecule has 0 unspecified atom stereocenters. The third-order valence-electron chi connectivity index (χ3n) is 4.70. The first-order valence-electron chi connectivity index (χ1n) is 9.76. The molecular formula is C23H22N4O2S. The van der Waals surface area contributed by atoms with Gasteiger partial charge in [-0.25, -0.2) is 0 Å². The van der Waals surface area contributed by atoms with Gasteiger partial charge in [0, 0.05) is 17.8 Å². The van der Waals surface area contributed by atoms with E-state index in [1.54, 1.807) is 6.26 Å². The van der Waals surface area contributed by atoms with Crippen LogP contribution in [0.5, 0.6) is 0 Å². The van der Waals surface area contributed by atoms with Crippen LogP contribution in [0.4, 0.5) is 5.69 Å². The largest absolute Gasteiger partial charge is 0.461 e. The molecule has 30 heavy (non-hydrogen) atoms. The molecule has 152 valence electrons. The molecule has 0 radical (unpaired) electrons. The van der Waals surface area contributed by atoms with Gasteiger partial charge in [0.25, 0.3) is 0 Å². The van der Waals surface area contributed by atoms with E-state index >= 15 is 0 Å². The van der Waals surface area contributed by atoms with Crippen molar-refractivity contribution in [1.82, 2.24) is 14.8 Å². The summed E-state index contributed by atoms with van der Waals surface area (Å²) >= 11 is 1.38. The van der Waals surface area contributed by atoms with Gasteiger partial charge in [-0.15, -0.1) is 10.2 Å². The molecule has 6 nitrogen and oxygen atoms in total. The fourth-order valence-corrected chi connectivity index (χ4v) is 4.07. The second kappa shape index (κ2) is 9.00. The van der Waals surface area contributed by atoms with Gasteiger partial charge in [-0.3, -0.25) is 9.36 Å². The Hall–Kier alpha value is -3.32. The third-order valence-corrected chi connectivity index (χ3v) is 5.78. The average molecular weight is 419 g/mol. The van der Waals surface area contributed by atoms with Gasteiger partial charge in [0.2, 0.25) is 5.91 Å². The Morgan fingerprint density at radius 2 is 1.83 bits per heavy atom. The number of anilines is 1. The number of furan rings is 1. The highest BCUT2D eigenvalue weighted by molar-refractivity contribution is 8.00. The van der Waals surface area contributed by atoms with Crippen LogP contribution < -0.4 is 5.32 Å². The van der Waals surface area contributed by atoms with Crippen molar-refractivity contribution in [3.63, 3.8) is 0 Å². The lowest BCUT2D eigenvalue weighted by Crippen LogP contribution is -2.23. The predicted octanol–water partition coefficient (Wildman–Crippen LogP) is 5.34. The molecule has 2 heterocycles. The number of thioether (sulfide) groups is 1. The van der Waals surface area contributed by atoms with E-state index in [9.17, 15) is 4.79 Å². The zero-order valence-corrected chi connectivity index (χ0v) is 17.6. The first-order chi connectivity index (χ1) is 14.7.